The number of amides is 1. The quantitative estimate of drug-likeness (QED) is 0.791. The maximum Gasteiger partial charge on any atom is 0.308 e. The lowest BCUT2D eigenvalue weighted by Gasteiger charge is -2.30. The summed E-state index contributed by atoms with van der Waals surface area (Å²) in [6.45, 7) is 2.77. The Labute approximate surface area is 112 Å². The molecule has 1 aliphatic heterocycles. The number of carbonyl (C=O) groups is 2. The van der Waals surface area contributed by atoms with Gasteiger partial charge in [0.1, 0.15) is 0 Å². The molecule has 0 aliphatic carbocycles. The molecule has 1 aromatic rings. The third kappa shape index (κ3) is 2.86. The summed E-state index contributed by atoms with van der Waals surface area (Å²) in [5, 5.41) is 9.03. The smallest absolute Gasteiger partial charge is 0.308 e. The van der Waals surface area contributed by atoms with Gasteiger partial charge in [0.15, 0.2) is 0 Å². The van der Waals surface area contributed by atoms with Crippen molar-refractivity contribution in [3.63, 3.8) is 0 Å². The van der Waals surface area contributed by atoms with Gasteiger partial charge in [-0.05, 0) is 37.5 Å². The van der Waals surface area contributed by atoms with Gasteiger partial charge < -0.3 is 15.7 Å². The number of rotatable bonds is 2. The normalized spacial score (nSPS) is 19.2. The Morgan fingerprint density at radius 2 is 2.16 bits per heavy atom. The van der Waals surface area contributed by atoms with Crippen LogP contribution in [0.5, 0.6) is 0 Å². The molecule has 0 unspecified atom stereocenters. The second-order valence-corrected chi connectivity index (χ2v) is 5.00. The van der Waals surface area contributed by atoms with Crippen molar-refractivity contribution in [2.45, 2.75) is 19.8 Å². The van der Waals surface area contributed by atoms with Crippen LogP contribution in [0.25, 0.3) is 0 Å². The summed E-state index contributed by atoms with van der Waals surface area (Å²) in [5.41, 5.74) is 7.83. The Hall–Kier alpha value is -2.04. The van der Waals surface area contributed by atoms with E-state index in [9.17, 15) is 9.59 Å². The number of likely N-dealkylation sites (tertiary alicyclic amines) is 1. The van der Waals surface area contributed by atoms with E-state index >= 15 is 0 Å². The highest BCUT2D eigenvalue weighted by Gasteiger charge is 2.28. The van der Waals surface area contributed by atoms with Crippen molar-refractivity contribution in [3.05, 3.63) is 29.3 Å². The summed E-state index contributed by atoms with van der Waals surface area (Å²) in [5.74, 6) is -1.43. The van der Waals surface area contributed by atoms with Gasteiger partial charge in [-0.25, -0.2) is 0 Å². The van der Waals surface area contributed by atoms with E-state index in [1.807, 2.05) is 6.92 Å². The number of carboxylic acid groups (broad SMARTS) is 1. The molecule has 3 N–H and O–H groups in total. The molecular weight excluding hydrogens is 244 g/mol. The van der Waals surface area contributed by atoms with E-state index in [4.69, 9.17) is 10.8 Å². The van der Waals surface area contributed by atoms with Crippen LogP contribution in [-0.2, 0) is 4.79 Å². The van der Waals surface area contributed by atoms with Crippen molar-refractivity contribution < 1.29 is 14.7 Å². The zero-order valence-electron chi connectivity index (χ0n) is 10.9. The van der Waals surface area contributed by atoms with E-state index < -0.39 is 11.9 Å². The molecule has 1 amide bonds. The molecule has 5 nitrogen and oxygen atoms in total. The Bertz CT molecular complexity index is 513. The summed E-state index contributed by atoms with van der Waals surface area (Å²) in [7, 11) is 0. The van der Waals surface area contributed by atoms with E-state index in [1.165, 1.54) is 0 Å². The molecule has 0 aromatic heterocycles. The van der Waals surface area contributed by atoms with Crippen molar-refractivity contribution in [2.75, 3.05) is 18.8 Å². The number of nitrogen functional groups attached to an aromatic ring is 1. The predicted octanol–water partition coefficient (Wildman–Crippen LogP) is 1.51. The molecule has 1 aromatic carbocycles. The molecule has 1 fully saturated rings. The monoisotopic (exact) mass is 262 g/mol. The lowest BCUT2D eigenvalue weighted by atomic mass is 9.97. The minimum absolute atomic E-state index is 0.141. The molecule has 1 atom stereocenters. The van der Waals surface area contributed by atoms with Crippen molar-refractivity contribution >= 4 is 17.6 Å². The predicted molar refractivity (Wildman–Crippen MR) is 71.9 cm³/mol. The molecule has 0 radical (unpaired) electrons. The summed E-state index contributed by atoms with van der Waals surface area (Å²) >= 11 is 0. The molecule has 0 spiro atoms. The maximum absolute atomic E-state index is 12.3. The number of aliphatic carboxylic acids is 1. The number of nitrogens with zero attached hydrogens (tertiary/aromatic N) is 1. The van der Waals surface area contributed by atoms with E-state index in [1.54, 1.807) is 23.1 Å². The number of benzene rings is 1. The van der Waals surface area contributed by atoms with Crippen LogP contribution in [0.4, 0.5) is 5.69 Å². The van der Waals surface area contributed by atoms with Crippen LogP contribution in [0.3, 0.4) is 0 Å². The highest BCUT2D eigenvalue weighted by atomic mass is 16.4. The second kappa shape index (κ2) is 5.30. The van der Waals surface area contributed by atoms with Gasteiger partial charge >= 0.3 is 5.97 Å². The lowest BCUT2D eigenvalue weighted by Crippen LogP contribution is -2.42. The largest absolute Gasteiger partial charge is 0.481 e. The first-order valence-electron chi connectivity index (χ1n) is 6.37. The highest BCUT2D eigenvalue weighted by molar-refractivity contribution is 5.95. The van der Waals surface area contributed by atoms with E-state index in [2.05, 4.69) is 0 Å². The third-order valence-corrected chi connectivity index (χ3v) is 3.58. The summed E-state index contributed by atoms with van der Waals surface area (Å²) in [6.07, 6.45) is 1.36. The minimum Gasteiger partial charge on any atom is -0.481 e. The molecule has 2 rings (SSSR count). The Balaban J connectivity index is 2.14. The fourth-order valence-electron chi connectivity index (χ4n) is 2.32. The van der Waals surface area contributed by atoms with Crippen LogP contribution in [0.15, 0.2) is 18.2 Å². The number of hydrogen-bond acceptors (Lipinski definition) is 3. The lowest BCUT2D eigenvalue weighted by molar-refractivity contribution is -0.143. The van der Waals surface area contributed by atoms with Crippen molar-refractivity contribution in [3.8, 4) is 0 Å². The molecular formula is C14H18N2O3. The molecule has 5 heteroatoms. The summed E-state index contributed by atoms with van der Waals surface area (Å²) < 4.78 is 0. The van der Waals surface area contributed by atoms with Crippen LogP contribution >= 0.6 is 0 Å². The fourth-order valence-corrected chi connectivity index (χ4v) is 2.32. The standard InChI is InChI=1S/C14H18N2O3/c1-9-4-5-10(7-12(9)15)13(17)16-6-2-3-11(8-16)14(18)19/h4-5,7,11H,2-3,6,8,15H2,1H3,(H,18,19)/t11-/m1/s1. The minimum atomic E-state index is -0.832. The zero-order chi connectivity index (χ0) is 14.0. The zero-order valence-corrected chi connectivity index (χ0v) is 10.9. The van der Waals surface area contributed by atoms with Gasteiger partial charge in [-0.2, -0.15) is 0 Å². The maximum atomic E-state index is 12.3. The summed E-state index contributed by atoms with van der Waals surface area (Å²) in [4.78, 5) is 24.9. The molecule has 102 valence electrons. The SMILES string of the molecule is Cc1ccc(C(=O)N2CCC[C@@H](C(=O)O)C2)cc1N. The second-order valence-electron chi connectivity index (χ2n) is 5.00. The van der Waals surface area contributed by atoms with Gasteiger partial charge in [0, 0.05) is 24.3 Å². The van der Waals surface area contributed by atoms with Gasteiger partial charge in [-0.3, -0.25) is 9.59 Å². The van der Waals surface area contributed by atoms with Gasteiger partial charge in [0.05, 0.1) is 5.92 Å². The Morgan fingerprint density at radius 1 is 1.42 bits per heavy atom. The summed E-state index contributed by atoms with van der Waals surface area (Å²) in [6, 6.07) is 5.20. The van der Waals surface area contributed by atoms with Gasteiger partial charge in [0.2, 0.25) is 0 Å². The number of carbonyl (C=O) groups excluding carboxylic acids is 1. The highest BCUT2D eigenvalue weighted by Crippen LogP contribution is 2.20. The molecule has 1 saturated heterocycles. The van der Waals surface area contributed by atoms with Crippen LogP contribution in [0.2, 0.25) is 0 Å². The number of nitrogens with two attached hydrogens (primary N) is 1. The van der Waals surface area contributed by atoms with Crippen LogP contribution in [0, 0.1) is 12.8 Å². The van der Waals surface area contributed by atoms with Crippen LogP contribution < -0.4 is 5.73 Å². The fraction of sp³-hybridized carbons (Fsp3) is 0.429. The topological polar surface area (TPSA) is 83.6 Å². The first-order valence-corrected chi connectivity index (χ1v) is 6.37. The average molecular weight is 262 g/mol. The van der Waals surface area contributed by atoms with Crippen LogP contribution in [-0.4, -0.2) is 35.0 Å². The first-order chi connectivity index (χ1) is 8.99. The van der Waals surface area contributed by atoms with E-state index in [0.29, 0.717) is 24.2 Å². The van der Waals surface area contributed by atoms with Crippen LogP contribution in [0.1, 0.15) is 28.8 Å². The van der Waals surface area contributed by atoms with Crippen molar-refractivity contribution in [1.82, 2.24) is 4.90 Å². The van der Waals surface area contributed by atoms with Gasteiger partial charge in [-0.1, -0.05) is 6.07 Å². The number of hydrogen-bond donors (Lipinski definition) is 2. The van der Waals surface area contributed by atoms with Gasteiger partial charge in [-0.15, -0.1) is 0 Å². The third-order valence-electron chi connectivity index (χ3n) is 3.58. The van der Waals surface area contributed by atoms with Crippen molar-refractivity contribution in [1.29, 1.82) is 0 Å². The molecule has 19 heavy (non-hydrogen) atoms. The van der Waals surface area contributed by atoms with E-state index in [0.717, 1.165) is 12.0 Å². The average Bonchev–Trinajstić information content (AvgIpc) is 2.41. The molecule has 1 heterocycles. The number of carboxylic acids is 1. The van der Waals surface area contributed by atoms with Crippen molar-refractivity contribution in [2.24, 2.45) is 5.92 Å². The number of anilines is 1. The molecule has 0 saturated carbocycles. The molecule has 0 bridgehead atoms. The van der Waals surface area contributed by atoms with Gasteiger partial charge in [0.25, 0.3) is 5.91 Å². The molecule has 1 aliphatic rings. The van der Waals surface area contributed by atoms with E-state index in [-0.39, 0.29) is 12.5 Å². The first kappa shape index (κ1) is 13.4. The number of aryl methyl sites for hydroxylation is 1. The Morgan fingerprint density at radius 3 is 2.79 bits per heavy atom. The number of piperidine rings is 1. The Kier molecular flexibility index (Phi) is 3.74.